The maximum absolute atomic E-state index is 11.6. The minimum absolute atomic E-state index is 0.334. The lowest BCUT2D eigenvalue weighted by molar-refractivity contribution is -0.306. The Hall–Kier alpha value is -2.20. The standard InChI is InChI=1S/C24H46O4.2C5H10O2.C4H10O2/c1-3-5-7-9-11-13-15-17-19-21-23(25)27-28-24(26)22-20-18-16-14-12-10-8-6-4-2;2*1-5(2,3)4(6)7;1-4(2,3)6-5/h3-22H2,1-2H3;2*1-3H3,(H,6,7);5H,1-3H3. The van der Waals surface area contributed by atoms with Crippen LogP contribution in [0.25, 0.3) is 0 Å². The van der Waals surface area contributed by atoms with Gasteiger partial charge in [0.2, 0.25) is 0 Å². The van der Waals surface area contributed by atoms with Gasteiger partial charge in [0, 0.05) is 0 Å². The summed E-state index contributed by atoms with van der Waals surface area (Å²) < 4.78 is 0. The molecule has 0 aliphatic rings. The summed E-state index contributed by atoms with van der Waals surface area (Å²) >= 11 is 0. The molecule has 0 radical (unpaired) electrons. The van der Waals surface area contributed by atoms with Gasteiger partial charge in [-0.05, 0) is 75.2 Å². The zero-order valence-electron chi connectivity index (χ0n) is 32.8. The molecule has 0 aliphatic carbocycles. The summed E-state index contributed by atoms with van der Waals surface area (Å²) in [5.41, 5.74) is -1.57. The van der Waals surface area contributed by atoms with Gasteiger partial charge in [-0.25, -0.2) is 24.3 Å². The number of carbonyl (C=O) groups excluding carboxylic acids is 2. The van der Waals surface area contributed by atoms with Crippen LogP contribution in [0, 0.1) is 10.8 Å². The summed E-state index contributed by atoms with van der Waals surface area (Å²) in [5, 5.41) is 24.4. The number of hydrogen-bond acceptors (Lipinski definition) is 8. The summed E-state index contributed by atoms with van der Waals surface area (Å²) in [6.07, 6.45) is 22.3. The van der Waals surface area contributed by atoms with Crippen molar-refractivity contribution in [3.63, 3.8) is 0 Å². The van der Waals surface area contributed by atoms with E-state index in [9.17, 15) is 19.2 Å². The molecule has 0 aromatic heterocycles. The van der Waals surface area contributed by atoms with Gasteiger partial charge >= 0.3 is 23.9 Å². The van der Waals surface area contributed by atoms with Crippen LogP contribution in [0.2, 0.25) is 0 Å². The molecule has 0 atom stereocenters. The molecule has 0 bridgehead atoms. The summed E-state index contributed by atoms with van der Waals surface area (Å²) in [6.45, 7) is 19.7. The molecular weight excluding hydrogens is 616 g/mol. The number of carboxylic acids is 2. The molecule has 0 fully saturated rings. The molecule has 0 heterocycles. The van der Waals surface area contributed by atoms with Crippen LogP contribution in [0.3, 0.4) is 0 Å². The van der Waals surface area contributed by atoms with E-state index < -0.39 is 40.3 Å². The molecule has 288 valence electrons. The molecule has 3 N–H and O–H groups in total. The van der Waals surface area contributed by atoms with Gasteiger partial charge in [0.15, 0.2) is 0 Å². The number of carboxylic acid groups (broad SMARTS) is 2. The zero-order valence-corrected chi connectivity index (χ0v) is 32.8. The van der Waals surface area contributed by atoms with E-state index in [2.05, 4.69) is 28.5 Å². The minimum Gasteiger partial charge on any atom is -0.481 e. The van der Waals surface area contributed by atoms with Gasteiger partial charge in [0.1, 0.15) is 0 Å². The highest BCUT2D eigenvalue weighted by Crippen LogP contribution is 2.13. The normalized spacial score (nSPS) is 11.1. The van der Waals surface area contributed by atoms with Gasteiger partial charge in [-0.15, -0.1) is 0 Å². The molecule has 0 saturated carbocycles. The largest absolute Gasteiger partial charge is 0.481 e. The second kappa shape index (κ2) is 33.3. The van der Waals surface area contributed by atoms with Gasteiger partial charge in [0.05, 0.1) is 29.3 Å². The number of rotatable bonds is 20. The lowest BCUT2D eigenvalue weighted by Gasteiger charge is -2.10. The maximum Gasteiger partial charge on any atom is 0.355 e. The Morgan fingerprint density at radius 2 is 0.625 bits per heavy atom. The molecule has 0 aliphatic heterocycles. The Labute approximate surface area is 293 Å². The summed E-state index contributed by atoms with van der Waals surface area (Å²) in [7, 11) is 0. The molecule has 0 spiro atoms. The molecule has 10 heteroatoms. The van der Waals surface area contributed by atoms with Crippen LogP contribution in [0.5, 0.6) is 0 Å². The molecule has 0 aromatic rings. The predicted molar refractivity (Wildman–Crippen MR) is 194 cm³/mol. The fourth-order valence-corrected chi connectivity index (χ4v) is 3.34. The average molecular weight is 693 g/mol. The Balaban J connectivity index is -0.000000388. The highest BCUT2D eigenvalue weighted by atomic mass is 17.2. The monoisotopic (exact) mass is 693 g/mol. The lowest BCUT2D eigenvalue weighted by atomic mass is 9.98. The second-order valence-corrected chi connectivity index (χ2v) is 15.4. The quantitative estimate of drug-likeness (QED) is 0.0637. The molecule has 0 unspecified atom stereocenters. The predicted octanol–water partition coefficient (Wildman–Crippen LogP) is 11.3. The zero-order chi connectivity index (χ0) is 38.1. The fourth-order valence-electron chi connectivity index (χ4n) is 3.34. The number of aliphatic carboxylic acids is 2. The SMILES string of the molecule is CC(C)(C)C(=O)O.CC(C)(C)C(=O)O.CC(C)(C)OO.CCCCCCCCCCCC(=O)OOC(=O)CCCCCCCCCCC. The molecule has 48 heavy (non-hydrogen) atoms. The van der Waals surface area contributed by atoms with Crippen LogP contribution in [0.4, 0.5) is 0 Å². The van der Waals surface area contributed by atoms with Crippen LogP contribution < -0.4 is 0 Å². The Kier molecular flexibility index (Phi) is 36.5. The smallest absolute Gasteiger partial charge is 0.355 e. The van der Waals surface area contributed by atoms with E-state index in [1.54, 1.807) is 62.3 Å². The first kappa shape index (κ1) is 52.6. The molecule has 0 amide bonds. The van der Waals surface area contributed by atoms with E-state index in [1.165, 1.54) is 77.0 Å². The van der Waals surface area contributed by atoms with E-state index >= 15 is 0 Å². The van der Waals surface area contributed by atoms with Crippen molar-refractivity contribution in [2.24, 2.45) is 10.8 Å². The van der Waals surface area contributed by atoms with E-state index in [0.717, 1.165) is 38.5 Å². The third-order valence-electron chi connectivity index (χ3n) is 6.75. The second-order valence-electron chi connectivity index (χ2n) is 15.4. The summed E-state index contributed by atoms with van der Waals surface area (Å²) in [6, 6.07) is 0. The highest BCUT2D eigenvalue weighted by Gasteiger charge is 2.19. The Bertz CT molecular complexity index is 716. The van der Waals surface area contributed by atoms with Crippen molar-refractivity contribution in [3.8, 4) is 0 Å². The number of hydrogen-bond donors (Lipinski definition) is 3. The van der Waals surface area contributed by atoms with Crippen molar-refractivity contribution >= 4 is 23.9 Å². The Morgan fingerprint density at radius 3 is 0.792 bits per heavy atom. The van der Waals surface area contributed by atoms with E-state index in [-0.39, 0.29) is 0 Å². The summed E-state index contributed by atoms with van der Waals surface area (Å²) in [4.78, 5) is 56.4. The van der Waals surface area contributed by atoms with Gasteiger partial charge in [-0.3, -0.25) is 14.8 Å². The lowest BCUT2D eigenvalue weighted by Crippen LogP contribution is -2.18. The van der Waals surface area contributed by atoms with Crippen molar-refractivity contribution in [3.05, 3.63) is 0 Å². The molecule has 0 aromatic carbocycles. The van der Waals surface area contributed by atoms with Crippen molar-refractivity contribution in [1.82, 2.24) is 0 Å². The molecular formula is C38H76O10. The third kappa shape index (κ3) is 50.7. The molecule has 10 nitrogen and oxygen atoms in total. The van der Waals surface area contributed by atoms with E-state index in [0.29, 0.717) is 12.8 Å². The van der Waals surface area contributed by atoms with Gasteiger partial charge in [0.25, 0.3) is 0 Å². The minimum atomic E-state index is -0.757. The van der Waals surface area contributed by atoms with Gasteiger partial charge < -0.3 is 10.2 Å². The van der Waals surface area contributed by atoms with Crippen molar-refractivity contribution in [2.45, 2.75) is 210 Å². The van der Waals surface area contributed by atoms with Crippen LogP contribution in [0.15, 0.2) is 0 Å². The molecule has 0 rings (SSSR count). The van der Waals surface area contributed by atoms with E-state index in [1.807, 2.05) is 0 Å². The fraction of sp³-hybridized carbons (Fsp3) is 0.895. The van der Waals surface area contributed by atoms with Crippen LogP contribution in [-0.2, 0) is 33.8 Å². The summed E-state index contributed by atoms with van der Waals surface area (Å²) in [5.74, 6) is -2.37. The van der Waals surface area contributed by atoms with Gasteiger partial charge in [-0.2, -0.15) is 0 Å². The highest BCUT2D eigenvalue weighted by molar-refractivity contribution is 5.73. The molecule has 0 saturated heterocycles. The van der Waals surface area contributed by atoms with Crippen LogP contribution in [0.1, 0.15) is 205 Å². The average Bonchev–Trinajstić information content (AvgIpc) is 2.98. The van der Waals surface area contributed by atoms with E-state index in [4.69, 9.17) is 15.5 Å². The first-order valence-corrected chi connectivity index (χ1v) is 18.3. The van der Waals surface area contributed by atoms with Crippen LogP contribution >= 0.6 is 0 Å². The number of carbonyl (C=O) groups is 4. The third-order valence-corrected chi connectivity index (χ3v) is 6.75. The number of unbranched alkanes of at least 4 members (excludes halogenated alkanes) is 16. The van der Waals surface area contributed by atoms with Crippen molar-refractivity contribution in [1.29, 1.82) is 0 Å². The first-order chi connectivity index (χ1) is 22.1. The first-order valence-electron chi connectivity index (χ1n) is 18.3. The topological polar surface area (TPSA) is 157 Å². The van der Waals surface area contributed by atoms with Crippen molar-refractivity contribution < 1.29 is 49.3 Å². The maximum atomic E-state index is 11.6. The van der Waals surface area contributed by atoms with Gasteiger partial charge in [-0.1, -0.05) is 117 Å². The van der Waals surface area contributed by atoms with Crippen LogP contribution in [-0.4, -0.2) is 44.9 Å². The van der Waals surface area contributed by atoms with Crippen molar-refractivity contribution in [2.75, 3.05) is 0 Å². The Morgan fingerprint density at radius 1 is 0.438 bits per heavy atom.